The molecule has 0 unspecified atom stereocenters. The van der Waals surface area contributed by atoms with Crippen LogP contribution in [-0.4, -0.2) is 108 Å². The van der Waals surface area contributed by atoms with Gasteiger partial charge < -0.3 is 29.0 Å². The Morgan fingerprint density at radius 2 is 1.95 bits per heavy atom. The normalized spacial score (nSPS) is 26.3. The number of aliphatic imine (C=N–C) groups is 1. The van der Waals surface area contributed by atoms with Crippen molar-refractivity contribution in [2.24, 2.45) is 28.2 Å². The molecule has 2 aromatic heterocycles. The number of benzene rings is 1. The van der Waals surface area contributed by atoms with Crippen LogP contribution in [0.15, 0.2) is 46.9 Å². The zero-order valence-electron chi connectivity index (χ0n) is 36.8. The van der Waals surface area contributed by atoms with Gasteiger partial charge in [-0.3, -0.25) is 29.2 Å². The summed E-state index contributed by atoms with van der Waals surface area (Å²) < 4.78 is 20.6. The number of thiazole rings is 1. The van der Waals surface area contributed by atoms with E-state index in [2.05, 4.69) is 54.8 Å². The Morgan fingerprint density at radius 1 is 1.18 bits per heavy atom. The second kappa shape index (κ2) is 18.3. The van der Waals surface area contributed by atoms with Crippen LogP contribution in [0.1, 0.15) is 90.1 Å². The van der Waals surface area contributed by atoms with E-state index < -0.39 is 47.3 Å². The van der Waals surface area contributed by atoms with Gasteiger partial charge >= 0.3 is 5.97 Å². The van der Waals surface area contributed by atoms with Crippen molar-refractivity contribution in [2.45, 2.75) is 105 Å². The van der Waals surface area contributed by atoms with Crippen molar-refractivity contribution in [3.05, 3.63) is 58.2 Å². The molecule has 2 N–H and O–H groups in total. The molecule has 6 bridgehead atoms. The zero-order chi connectivity index (χ0) is 43.7. The number of carbonyl (C=O) groups excluding carboxylic acids is 4. The molecule has 7 rings (SSSR count). The first-order chi connectivity index (χ1) is 29.3. The van der Waals surface area contributed by atoms with E-state index in [-0.39, 0.29) is 37.0 Å². The fourth-order valence-electron chi connectivity index (χ4n) is 9.09. The molecule has 1 saturated carbocycles. The molecule has 1 aromatic carbocycles. The molecule has 0 spiro atoms. The minimum atomic E-state index is -1.20. The summed E-state index contributed by atoms with van der Waals surface area (Å²) in [5.74, 6) is -2.47. The number of esters is 1. The Hall–Kier alpha value is -4.70. The van der Waals surface area contributed by atoms with Crippen molar-refractivity contribution in [2.75, 3.05) is 40.0 Å². The summed E-state index contributed by atoms with van der Waals surface area (Å²) in [4.78, 5) is 67.7. The third kappa shape index (κ3) is 8.71. The number of amides is 3. The summed E-state index contributed by atoms with van der Waals surface area (Å²) in [5.41, 5.74) is 8.84. The van der Waals surface area contributed by atoms with Gasteiger partial charge in [0.2, 0.25) is 11.8 Å². The van der Waals surface area contributed by atoms with E-state index in [9.17, 15) is 19.2 Å². The van der Waals surface area contributed by atoms with Crippen LogP contribution in [0, 0.1) is 23.2 Å². The molecule has 7 atom stereocenters. The number of methoxy groups -OCH3 is 1. The lowest BCUT2D eigenvalue weighted by Gasteiger charge is -2.37. The van der Waals surface area contributed by atoms with Gasteiger partial charge in [-0.2, -0.15) is 0 Å². The Balaban J connectivity index is 1.36. The molecular weight excluding hydrogens is 795 g/mol. The van der Waals surface area contributed by atoms with Crippen molar-refractivity contribution >= 4 is 57.7 Å². The number of likely N-dealkylation sites (tertiary alicyclic amines) is 1. The molecule has 61 heavy (non-hydrogen) atoms. The molecule has 2 saturated heterocycles. The molecule has 0 radical (unpaired) electrons. The predicted octanol–water partition coefficient (Wildman–Crippen LogP) is 6.11. The predicted molar refractivity (Wildman–Crippen MR) is 236 cm³/mol. The summed E-state index contributed by atoms with van der Waals surface area (Å²) in [6, 6.07) is 4.32. The maximum absolute atomic E-state index is 14.7. The number of allylic oxidation sites excluding steroid dienone is 2. The summed E-state index contributed by atoms with van der Waals surface area (Å²) >= 11 is 1.36. The fourth-order valence-corrected chi connectivity index (χ4v) is 10.0. The largest absolute Gasteiger partial charge is 0.464 e. The number of rotatable bonds is 11. The van der Waals surface area contributed by atoms with Gasteiger partial charge in [0, 0.05) is 78.9 Å². The molecule has 5 heterocycles. The lowest BCUT2D eigenvalue weighted by Crippen LogP contribution is -2.61. The van der Waals surface area contributed by atoms with Crippen molar-refractivity contribution in [1.29, 1.82) is 0 Å². The Morgan fingerprint density at radius 3 is 2.61 bits per heavy atom. The Labute approximate surface area is 362 Å². The van der Waals surface area contributed by atoms with Gasteiger partial charge in [0.25, 0.3) is 5.91 Å². The number of aromatic nitrogens is 2. The number of nitrogens with one attached hydrogen (secondary N) is 2. The molecule has 14 nitrogen and oxygen atoms in total. The van der Waals surface area contributed by atoms with E-state index in [1.807, 2.05) is 45.2 Å². The first-order valence-electron chi connectivity index (χ1n) is 21.7. The van der Waals surface area contributed by atoms with Crippen LogP contribution in [0.4, 0.5) is 0 Å². The van der Waals surface area contributed by atoms with Crippen LogP contribution in [0.3, 0.4) is 0 Å². The Bertz CT molecular complexity index is 2240. The lowest BCUT2D eigenvalue weighted by atomic mass is 9.84. The number of aryl methyl sites for hydroxylation is 1. The minimum Gasteiger partial charge on any atom is -0.464 e. The standard InChI is InChI=1S/C46H61N7O7S/c1-10-29(37(47-11-2)27(6)58-9)39-31-23-46(7,8)25-60-45(57)32-16-14-21-53(50-32)44(56)38(49-41(54)35-26(5)36(35)43(55)51-19-15-20-51)40(59-13-4)42-48-33(24-61-42)28-17-18-34(30(31)22-28)52(39)12-3/h10-11,17-18,22,24,26-27,32,35-36,38,40,50H,1,12-16,19-21,23,25H2,2-9H3,(H,49,54)/b37-29+,47-11-/t26-,27+,32+,35-,36-,38+,40+/m1/s1. The van der Waals surface area contributed by atoms with Crippen molar-refractivity contribution in [3.8, 4) is 11.3 Å². The van der Waals surface area contributed by atoms with E-state index in [1.54, 1.807) is 18.2 Å². The van der Waals surface area contributed by atoms with Gasteiger partial charge in [-0.15, -0.1) is 11.3 Å². The fraction of sp³-hybridized carbons (Fsp3) is 0.565. The van der Waals surface area contributed by atoms with E-state index in [1.165, 1.54) is 16.3 Å². The Kier molecular flexibility index (Phi) is 13.3. The summed E-state index contributed by atoms with van der Waals surface area (Å²) in [6.45, 7) is 20.9. The zero-order valence-corrected chi connectivity index (χ0v) is 37.6. The van der Waals surface area contributed by atoms with Gasteiger partial charge in [-0.25, -0.2) is 10.4 Å². The number of nitrogens with zero attached hydrogens (tertiary/aromatic N) is 5. The maximum atomic E-state index is 14.7. The van der Waals surface area contributed by atoms with Crippen LogP contribution >= 0.6 is 11.3 Å². The molecule has 1 aliphatic carbocycles. The van der Waals surface area contributed by atoms with Crippen molar-refractivity contribution in [1.82, 2.24) is 30.2 Å². The molecule has 4 aliphatic rings. The van der Waals surface area contributed by atoms with Gasteiger partial charge in [0.05, 0.1) is 41.6 Å². The summed E-state index contributed by atoms with van der Waals surface area (Å²) in [6.07, 6.45) is 4.84. The number of carbonyl (C=O) groups is 4. The molecule has 3 fully saturated rings. The molecule has 3 aliphatic heterocycles. The van der Waals surface area contributed by atoms with Gasteiger partial charge in [-0.05, 0) is 77.0 Å². The first kappa shape index (κ1) is 44.4. The van der Waals surface area contributed by atoms with E-state index in [0.29, 0.717) is 56.1 Å². The summed E-state index contributed by atoms with van der Waals surface area (Å²) in [5, 5.41) is 7.93. The van der Waals surface area contributed by atoms with Crippen molar-refractivity contribution < 1.29 is 33.4 Å². The van der Waals surface area contributed by atoms with Crippen LogP contribution in [0.2, 0.25) is 0 Å². The quantitative estimate of drug-likeness (QED) is 0.132. The third-order valence-corrected chi connectivity index (χ3v) is 13.5. The van der Waals surface area contributed by atoms with E-state index in [4.69, 9.17) is 24.2 Å². The van der Waals surface area contributed by atoms with E-state index >= 15 is 0 Å². The highest BCUT2D eigenvalue weighted by molar-refractivity contribution is 7.10. The highest BCUT2D eigenvalue weighted by Crippen LogP contribution is 2.48. The number of hydrogen-bond donors (Lipinski definition) is 2. The highest BCUT2D eigenvalue weighted by atomic mass is 32.1. The van der Waals surface area contributed by atoms with Crippen LogP contribution in [0.5, 0.6) is 0 Å². The van der Waals surface area contributed by atoms with Gasteiger partial charge in [0.1, 0.15) is 23.2 Å². The number of hydrazine groups is 1. The molecule has 15 heteroatoms. The van der Waals surface area contributed by atoms with Crippen LogP contribution in [-0.2, 0) is 46.4 Å². The first-order valence-corrected chi connectivity index (χ1v) is 22.6. The number of ether oxygens (including phenoxy) is 3. The second-order valence-electron chi connectivity index (χ2n) is 17.4. The minimum absolute atomic E-state index is 0.0132. The molecular formula is C46H61N7O7S. The molecule has 3 aromatic rings. The monoisotopic (exact) mass is 855 g/mol. The summed E-state index contributed by atoms with van der Waals surface area (Å²) in [7, 11) is 1.67. The topological polar surface area (TPSA) is 157 Å². The van der Waals surface area contributed by atoms with E-state index in [0.717, 1.165) is 45.4 Å². The maximum Gasteiger partial charge on any atom is 0.324 e. The average molecular weight is 856 g/mol. The SMILES string of the molecule is C=C/C(=C(\N=C/C)[C@H](C)OC)c1c2c3cc(ccc3n1CC)-c1csc(n1)[C@@H](OCC)[C@H](NC(=O)[C@@H]1[C@@H](C)[C@H]1C(=O)N1CCC1)C(=O)N1CCC[C@H](N1)C(=O)OCC(C)(C)C2. The number of cyclic esters (lactones) is 1. The van der Waals surface area contributed by atoms with Crippen LogP contribution < -0.4 is 10.7 Å². The van der Waals surface area contributed by atoms with Crippen molar-refractivity contribution in [3.63, 3.8) is 0 Å². The second-order valence-corrected chi connectivity index (χ2v) is 18.2. The average Bonchev–Trinajstić information content (AvgIpc) is 3.52. The number of fused-ring (bicyclic) bond motifs is 6. The number of hydrogen-bond acceptors (Lipinski definition) is 11. The third-order valence-electron chi connectivity index (χ3n) is 12.6. The molecule has 3 amide bonds. The van der Waals surface area contributed by atoms with Gasteiger partial charge in [0.15, 0.2) is 0 Å². The lowest BCUT2D eigenvalue weighted by molar-refractivity contribution is -0.156. The molecule has 328 valence electrons. The highest BCUT2D eigenvalue weighted by Gasteiger charge is 2.58. The smallest absolute Gasteiger partial charge is 0.324 e. The van der Waals surface area contributed by atoms with Crippen LogP contribution in [0.25, 0.3) is 27.7 Å². The van der Waals surface area contributed by atoms with Gasteiger partial charge in [-0.1, -0.05) is 39.5 Å².